The Morgan fingerprint density at radius 1 is 1.41 bits per heavy atom. The zero-order chi connectivity index (χ0) is 11.8. The second-order valence-electron chi connectivity index (χ2n) is 4.63. The van der Waals surface area contributed by atoms with Crippen LogP contribution in [0.4, 0.5) is 0 Å². The molecule has 17 heavy (non-hydrogen) atoms. The molecule has 2 atom stereocenters. The van der Waals surface area contributed by atoms with Gasteiger partial charge in [-0.1, -0.05) is 12.1 Å². The standard InChI is InChI=1S/C13H17N3O/c1-8-4-3-5-10-12(8)16-13(15-10)9-6-17-7-11(9)14-2/h3-5,9,11,14H,6-7H2,1-2H3,(H,15,16). The number of nitrogens with one attached hydrogen (secondary N) is 2. The maximum atomic E-state index is 5.52. The molecular formula is C13H17N3O. The molecular weight excluding hydrogens is 214 g/mol. The Kier molecular flexibility index (Phi) is 2.61. The summed E-state index contributed by atoms with van der Waals surface area (Å²) in [6, 6.07) is 6.58. The lowest BCUT2D eigenvalue weighted by atomic mass is 10.0. The molecule has 0 spiro atoms. The number of ether oxygens (including phenoxy) is 1. The summed E-state index contributed by atoms with van der Waals surface area (Å²) >= 11 is 0. The third-order valence-electron chi connectivity index (χ3n) is 3.54. The van der Waals surface area contributed by atoms with Crippen molar-refractivity contribution in [2.45, 2.75) is 18.9 Å². The van der Waals surface area contributed by atoms with E-state index in [4.69, 9.17) is 9.72 Å². The molecule has 3 rings (SSSR count). The van der Waals surface area contributed by atoms with Crippen LogP contribution in [0, 0.1) is 6.92 Å². The molecule has 1 aliphatic heterocycles. The molecule has 90 valence electrons. The number of imidazole rings is 1. The largest absolute Gasteiger partial charge is 0.379 e. The number of rotatable bonds is 2. The minimum atomic E-state index is 0.326. The summed E-state index contributed by atoms with van der Waals surface area (Å²) in [6.07, 6.45) is 0. The van der Waals surface area contributed by atoms with Crippen LogP contribution in [0.2, 0.25) is 0 Å². The number of benzene rings is 1. The molecule has 1 saturated heterocycles. The van der Waals surface area contributed by atoms with Crippen LogP contribution in [0.1, 0.15) is 17.3 Å². The molecule has 0 saturated carbocycles. The zero-order valence-corrected chi connectivity index (χ0v) is 10.2. The fourth-order valence-electron chi connectivity index (χ4n) is 2.48. The quantitative estimate of drug-likeness (QED) is 0.825. The average Bonchev–Trinajstić information content (AvgIpc) is 2.94. The molecule has 4 heteroatoms. The fraction of sp³-hybridized carbons (Fsp3) is 0.462. The number of likely N-dealkylation sites (N-methyl/N-ethyl adjacent to an activating group) is 1. The Hall–Kier alpha value is -1.39. The lowest BCUT2D eigenvalue weighted by Crippen LogP contribution is -2.31. The molecule has 2 heterocycles. The van der Waals surface area contributed by atoms with Gasteiger partial charge >= 0.3 is 0 Å². The number of hydrogen-bond donors (Lipinski definition) is 2. The van der Waals surface area contributed by atoms with Crippen molar-refractivity contribution in [3.63, 3.8) is 0 Å². The Morgan fingerprint density at radius 2 is 2.29 bits per heavy atom. The van der Waals surface area contributed by atoms with Crippen molar-refractivity contribution >= 4 is 11.0 Å². The van der Waals surface area contributed by atoms with Gasteiger partial charge in [-0.05, 0) is 25.6 Å². The van der Waals surface area contributed by atoms with E-state index in [2.05, 4.69) is 35.4 Å². The van der Waals surface area contributed by atoms with E-state index in [1.165, 1.54) is 5.56 Å². The number of aromatic amines is 1. The first-order valence-corrected chi connectivity index (χ1v) is 6.00. The Bertz CT molecular complexity index is 534. The summed E-state index contributed by atoms with van der Waals surface area (Å²) in [5.41, 5.74) is 3.40. The Balaban J connectivity index is 2.03. The number of para-hydroxylation sites is 1. The molecule has 0 bridgehead atoms. The molecule has 2 aromatic rings. The van der Waals surface area contributed by atoms with Crippen molar-refractivity contribution in [2.24, 2.45) is 0 Å². The summed E-state index contributed by atoms with van der Waals surface area (Å²) in [4.78, 5) is 8.13. The highest BCUT2D eigenvalue weighted by atomic mass is 16.5. The van der Waals surface area contributed by atoms with E-state index in [1.54, 1.807) is 0 Å². The molecule has 4 nitrogen and oxygen atoms in total. The third kappa shape index (κ3) is 1.73. The highest BCUT2D eigenvalue weighted by molar-refractivity contribution is 5.78. The van der Waals surface area contributed by atoms with Crippen LogP contribution in [-0.2, 0) is 4.74 Å². The highest BCUT2D eigenvalue weighted by Crippen LogP contribution is 2.26. The Labute approximate surface area is 100 Å². The molecule has 1 aromatic carbocycles. The highest BCUT2D eigenvalue weighted by Gasteiger charge is 2.30. The number of aryl methyl sites for hydroxylation is 1. The van der Waals surface area contributed by atoms with Gasteiger partial charge in [0.25, 0.3) is 0 Å². The molecule has 2 unspecified atom stereocenters. The van der Waals surface area contributed by atoms with Crippen molar-refractivity contribution in [1.82, 2.24) is 15.3 Å². The SMILES string of the molecule is CNC1COCC1c1nc2c(C)cccc2[nH]1. The molecule has 1 fully saturated rings. The van der Waals surface area contributed by atoms with Crippen molar-refractivity contribution in [3.05, 3.63) is 29.6 Å². The number of hydrogen-bond acceptors (Lipinski definition) is 3. The number of fused-ring (bicyclic) bond motifs is 1. The summed E-state index contributed by atoms with van der Waals surface area (Å²) in [5.74, 6) is 1.36. The van der Waals surface area contributed by atoms with E-state index < -0.39 is 0 Å². The first kappa shape index (κ1) is 10.7. The number of aromatic nitrogens is 2. The van der Waals surface area contributed by atoms with Crippen LogP contribution in [0.15, 0.2) is 18.2 Å². The van der Waals surface area contributed by atoms with Crippen LogP contribution >= 0.6 is 0 Å². The summed E-state index contributed by atoms with van der Waals surface area (Å²) in [6.45, 7) is 3.59. The van der Waals surface area contributed by atoms with Crippen molar-refractivity contribution < 1.29 is 4.74 Å². The topological polar surface area (TPSA) is 49.9 Å². The predicted molar refractivity (Wildman–Crippen MR) is 67.2 cm³/mol. The minimum Gasteiger partial charge on any atom is -0.379 e. The molecule has 0 aliphatic carbocycles. The van der Waals surface area contributed by atoms with Crippen LogP contribution in [0.25, 0.3) is 11.0 Å². The minimum absolute atomic E-state index is 0.326. The molecule has 2 N–H and O–H groups in total. The number of H-pyrrole nitrogens is 1. The van der Waals surface area contributed by atoms with Crippen molar-refractivity contribution in [3.8, 4) is 0 Å². The zero-order valence-electron chi connectivity index (χ0n) is 10.2. The second-order valence-corrected chi connectivity index (χ2v) is 4.63. The van der Waals surface area contributed by atoms with E-state index in [0.717, 1.165) is 30.1 Å². The lowest BCUT2D eigenvalue weighted by molar-refractivity contribution is 0.188. The van der Waals surface area contributed by atoms with Crippen molar-refractivity contribution in [1.29, 1.82) is 0 Å². The van der Waals surface area contributed by atoms with Gasteiger partial charge in [-0.15, -0.1) is 0 Å². The summed E-state index contributed by atoms with van der Waals surface area (Å²) in [7, 11) is 1.97. The van der Waals surface area contributed by atoms with Crippen LogP contribution in [0.5, 0.6) is 0 Å². The first-order chi connectivity index (χ1) is 8.29. The summed E-state index contributed by atoms with van der Waals surface area (Å²) in [5, 5.41) is 3.29. The van der Waals surface area contributed by atoms with Gasteiger partial charge < -0.3 is 15.0 Å². The second kappa shape index (κ2) is 4.13. The number of nitrogens with zero attached hydrogens (tertiary/aromatic N) is 1. The lowest BCUT2D eigenvalue weighted by Gasteiger charge is -2.13. The van der Waals surface area contributed by atoms with Gasteiger partial charge in [-0.3, -0.25) is 0 Å². The summed E-state index contributed by atoms with van der Waals surface area (Å²) < 4.78 is 5.52. The Morgan fingerprint density at radius 3 is 3.06 bits per heavy atom. The third-order valence-corrected chi connectivity index (χ3v) is 3.54. The van der Waals surface area contributed by atoms with Gasteiger partial charge in [-0.25, -0.2) is 4.98 Å². The van der Waals surface area contributed by atoms with Crippen LogP contribution in [0.3, 0.4) is 0 Å². The average molecular weight is 231 g/mol. The van der Waals surface area contributed by atoms with Gasteiger partial charge in [0.1, 0.15) is 5.82 Å². The van der Waals surface area contributed by atoms with Gasteiger partial charge in [-0.2, -0.15) is 0 Å². The van der Waals surface area contributed by atoms with Crippen LogP contribution in [-0.4, -0.2) is 36.3 Å². The van der Waals surface area contributed by atoms with Gasteiger partial charge in [0.2, 0.25) is 0 Å². The maximum Gasteiger partial charge on any atom is 0.114 e. The first-order valence-electron chi connectivity index (χ1n) is 6.00. The maximum absolute atomic E-state index is 5.52. The van der Waals surface area contributed by atoms with E-state index in [-0.39, 0.29) is 0 Å². The molecule has 1 aliphatic rings. The van der Waals surface area contributed by atoms with Crippen molar-refractivity contribution in [2.75, 3.05) is 20.3 Å². The van der Waals surface area contributed by atoms with E-state index in [9.17, 15) is 0 Å². The van der Waals surface area contributed by atoms with E-state index in [1.807, 2.05) is 7.05 Å². The van der Waals surface area contributed by atoms with Gasteiger partial charge in [0.05, 0.1) is 30.2 Å². The fourth-order valence-corrected chi connectivity index (χ4v) is 2.48. The van der Waals surface area contributed by atoms with E-state index in [0.29, 0.717) is 12.0 Å². The smallest absolute Gasteiger partial charge is 0.114 e. The van der Waals surface area contributed by atoms with Crippen LogP contribution < -0.4 is 5.32 Å². The molecule has 0 amide bonds. The molecule has 0 radical (unpaired) electrons. The molecule has 1 aromatic heterocycles. The van der Waals surface area contributed by atoms with E-state index >= 15 is 0 Å². The van der Waals surface area contributed by atoms with Gasteiger partial charge in [0.15, 0.2) is 0 Å². The predicted octanol–water partition coefficient (Wildman–Crippen LogP) is 1.57. The monoisotopic (exact) mass is 231 g/mol. The normalized spacial score (nSPS) is 24.6. The van der Waals surface area contributed by atoms with Gasteiger partial charge in [0, 0.05) is 6.04 Å².